The van der Waals surface area contributed by atoms with Gasteiger partial charge in [-0.1, -0.05) is 72.8 Å². The van der Waals surface area contributed by atoms with E-state index < -0.39 is 0 Å². The third-order valence-corrected chi connectivity index (χ3v) is 4.60. The van der Waals surface area contributed by atoms with Crippen molar-refractivity contribution in [3.05, 3.63) is 108 Å². The zero-order chi connectivity index (χ0) is 20.5. The lowest BCUT2D eigenvalue weighted by atomic mass is 10.1. The minimum Gasteiger partial charge on any atom is -0.352 e. The molecule has 4 nitrogen and oxygen atoms in total. The fraction of sp³-hybridized carbons (Fsp3) is 0.120. The number of benzene rings is 3. The number of rotatable bonds is 7. The molecule has 0 radical (unpaired) electrons. The number of anilines is 1. The lowest BCUT2D eigenvalue weighted by Crippen LogP contribution is -2.30. The number of para-hydroxylation sites is 1. The number of carbonyl (C=O) groups excluding carboxylic acids is 2. The van der Waals surface area contributed by atoms with E-state index in [2.05, 4.69) is 5.32 Å². The van der Waals surface area contributed by atoms with Crippen molar-refractivity contribution in [1.82, 2.24) is 5.32 Å². The van der Waals surface area contributed by atoms with E-state index >= 15 is 0 Å². The summed E-state index contributed by atoms with van der Waals surface area (Å²) in [6, 6.07) is 26.8. The highest BCUT2D eigenvalue weighted by Crippen LogP contribution is 2.20. The number of nitrogens with one attached hydrogen (secondary N) is 1. The SMILES string of the molecule is CN(C(=O)C=Cc1ccccc1)c1ccccc1C(=O)NCCc1ccccc1. The summed E-state index contributed by atoms with van der Waals surface area (Å²) in [4.78, 5) is 26.8. The Morgan fingerprint density at radius 2 is 1.48 bits per heavy atom. The predicted octanol–water partition coefficient (Wildman–Crippen LogP) is 4.34. The Labute approximate surface area is 171 Å². The van der Waals surface area contributed by atoms with Gasteiger partial charge in [-0.05, 0) is 35.8 Å². The average Bonchev–Trinajstić information content (AvgIpc) is 2.78. The van der Waals surface area contributed by atoms with E-state index in [4.69, 9.17) is 0 Å². The van der Waals surface area contributed by atoms with Crippen molar-refractivity contribution in [2.24, 2.45) is 0 Å². The molecule has 0 unspecified atom stereocenters. The first-order valence-electron chi connectivity index (χ1n) is 9.57. The lowest BCUT2D eigenvalue weighted by Gasteiger charge is -2.19. The van der Waals surface area contributed by atoms with Crippen LogP contribution in [0.1, 0.15) is 21.5 Å². The highest BCUT2D eigenvalue weighted by Gasteiger charge is 2.16. The van der Waals surface area contributed by atoms with Crippen LogP contribution in [0.3, 0.4) is 0 Å². The Balaban J connectivity index is 1.66. The third-order valence-electron chi connectivity index (χ3n) is 4.60. The number of carbonyl (C=O) groups is 2. The molecule has 0 atom stereocenters. The summed E-state index contributed by atoms with van der Waals surface area (Å²) in [5.41, 5.74) is 3.16. The second-order valence-corrected chi connectivity index (χ2v) is 6.65. The summed E-state index contributed by atoms with van der Waals surface area (Å²) in [7, 11) is 1.67. The van der Waals surface area contributed by atoms with E-state index in [1.165, 1.54) is 16.5 Å². The maximum atomic E-state index is 12.7. The van der Waals surface area contributed by atoms with E-state index in [1.807, 2.05) is 66.7 Å². The van der Waals surface area contributed by atoms with Crippen molar-refractivity contribution in [1.29, 1.82) is 0 Å². The third kappa shape index (κ3) is 5.66. The number of nitrogens with zero attached hydrogens (tertiary/aromatic N) is 1. The van der Waals surface area contributed by atoms with Gasteiger partial charge in [0.1, 0.15) is 0 Å². The monoisotopic (exact) mass is 384 g/mol. The van der Waals surface area contributed by atoms with Crippen LogP contribution in [0.5, 0.6) is 0 Å². The average molecular weight is 384 g/mol. The zero-order valence-electron chi connectivity index (χ0n) is 16.4. The van der Waals surface area contributed by atoms with Gasteiger partial charge in [0.2, 0.25) is 0 Å². The lowest BCUT2D eigenvalue weighted by molar-refractivity contribution is -0.113. The molecule has 29 heavy (non-hydrogen) atoms. The summed E-state index contributed by atoms with van der Waals surface area (Å²) in [5, 5.41) is 2.94. The van der Waals surface area contributed by atoms with Gasteiger partial charge < -0.3 is 10.2 Å². The van der Waals surface area contributed by atoms with E-state index in [9.17, 15) is 9.59 Å². The second-order valence-electron chi connectivity index (χ2n) is 6.65. The van der Waals surface area contributed by atoms with Crippen LogP contribution in [0.4, 0.5) is 5.69 Å². The molecule has 2 amide bonds. The molecule has 0 saturated heterocycles. The summed E-state index contributed by atoms with van der Waals surface area (Å²) in [6.45, 7) is 0.531. The molecule has 0 heterocycles. The van der Waals surface area contributed by atoms with E-state index in [-0.39, 0.29) is 11.8 Å². The molecule has 0 saturated carbocycles. The number of hydrogen-bond acceptors (Lipinski definition) is 2. The van der Waals surface area contributed by atoms with Crippen LogP contribution in [0.2, 0.25) is 0 Å². The highest BCUT2D eigenvalue weighted by atomic mass is 16.2. The van der Waals surface area contributed by atoms with Crippen molar-refractivity contribution in [3.63, 3.8) is 0 Å². The van der Waals surface area contributed by atoms with Crippen LogP contribution in [-0.2, 0) is 11.2 Å². The molecule has 146 valence electrons. The summed E-state index contributed by atoms with van der Waals surface area (Å²) >= 11 is 0. The van der Waals surface area contributed by atoms with Gasteiger partial charge in [-0.25, -0.2) is 0 Å². The molecule has 3 rings (SSSR count). The fourth-order valence-corrected chi connectivity index (χ4v) is 2.98. The van der Waals surface area contributed by atoms with Crippen LogP contribution in [-0.4, -0.2) is 25.4 Å². The van der Waals surface area contributed by atoms with Gasteiger partial charge in [-0.2, -0.15) is 0 Å². The molecular weight excluding hydrogens is 360 g/mol. The molecule has 0 bridgehead atoms. The largest absolute Gasteiger partial charge is 0.352 e. The molecule has 0 aliphatic carbocycles. The zero-order valence-corrected chi connectivity index (χ0v) is 16.4. The van der Waals surface area contributed by atoms with Crippen LogP contribution >= 0.6 is 0 Å². The standard InChI is InChI=1S/C25H24N2O2/c1-27(24(28)17-16-20-10-4-2-5-11-20)23-15-9-8-14-22(23)25(29)26-19-18-21-12-6-3-7-13-21/h2-17H,18-19H2,1H3,(H,26,29). The second kappa shape index (κ2) is 10.0. The maximum Gasteiger partial charge on any atom is 0.253 e. The van der Waals surface area contributed by atoms with Crippen LogP contribution in [0.25, 0.3) is 6.08 Å². The molecule has 0 aromatic heterocycles. The smallest absolute Gasteiger partial charge is 0.253 e. The molecule has 0 aliphatic heterocycles. The van der Waals surface area contributed by atoms with Crippen molar-refractivity contribution in [2.45, 2.75) is 6.42 Å². The number of hydrogen-bond donors (Lipinski definition) is 1. The van der Waals surface area contributed by atoms with Gasteiger partial charge in [0, 0.05) is 19.7 Å². The van der Waals surface area contributed by atoms with Crippen molar-refractivity contribution in [3.8, 4) is 0 Å². The molecule has 0 aliphatic rings. The quantitative estimate of drug-likeness (QED) is 0.616. The van der Waals surface area contributed by atoms with E-state index in [0.717, 1.165) is 12.0 Å². The fourth-order valence-electron chi connectivity index (χ4n) is 2.98. The van der Waals surface area contributed by atoms with Crippen LogP contribution in [0.15, 0.2) is 91.0 Å². The summed E-state index contributed by atoms with van der Waals surface area (Å²) < 4.78 is 0. The molecule has 4 heteroatoms. The van der Waals surface area contributed by atoms with Gasteiger partial charge in [0.15, 0.2) is 0 Å². The molecular formula is C25H24N2O2. The Kier molecular flexibility index (Phi) is 6.95. The van der Waals surface area contributed by atoms with Gasteiger partial charge in [-0.3, -0.25) is 9.59 Å². The Bertz CT molecular complexity index is 982. The Morgan fingerprint density at radius 1 is 0.862 bits per heavy atom. The summed E-state index contributed by atoms with van der Waals surface area (Å²) in [6.07, 6.45) is 4.03. The van der Waals surface area contributed by atoms with Gasteiger partial charge in [-0.15, -0.1) is 0 Å². The van der Waals surface area contributed by atoms with Gasteiger partial charge in [0.25, 0.3) is 11.8 Å². The molecule has 0 spiro atoms. The Morgan fingerprint density at radius 3 is 2.21 bits per heavy atom. The maximum absolute atomic E-state index is 12.7. The molecule has 0 fully saturated rings. The molecule has 1 N–H and O–H groups in total. The minimum absolute atomic E-state index is 0.191. The summed E-state index contributed by atoms with van der Waals surface area (Å²) in [5.74, 6) is -0.387. The first kappa shape index (κ1) is 20.1. The highest BCUT2D eigenvalue weighted by molar-refractivity contribution is 6.08. The molecule has 3 aromatic carbocycles. The number of amides is 2. The van der Waals surface area contributed by atoms with Crippen molar-refractivity contribution < 1.29 is 9.59 Å². The first-order chi connectivity index (χ1) is 14.1. The van der Waals surface area contributed by atoms with Gasteiger partial charge >= 0.3 is 0 Å². The van der Waals surface area contributed by atoms with Gasteiger partial charge in [0.05, 0.1) is 11.3 Å². The van der Waals surface area contributed by atoms with E-state index in [0.29, 0.717) is 17.8 Å². The van der Waals surface area contributed by atoms with Crippen LogP contribution in [0, 0.1) is 0 Å². The Hall–Kier alpha value is -3.66. The predicted molar refractivity (Wildman–Crippen MR) is 118 cm³/mol. The normalized spacial score (nSPS) is 10.7. The molecule has 3 aromatic rings. The topological polar surface area (TPSA) is 49.4 Å². The van der Waals surface area contributed by atoms with Crippen molar-refractivity contribution >= 4 is 23.6 Å². The minimum atomic E-state index is -0.196. The van der Waals surface area contributed by atoms with Crippen molar-refractivity contribution in [2.75, 3.05) is 18.5 Å². The van der Waals surface area contributed by atoms with E-state index in [1.54, 1.807) is 31.3 Å². The first-order valence-corrected chi connectivity index (χ1v) is 9.57. The van der Waals surface area contributed by atoms with Crippen LogP contribution < -0.4 is 10.2 Å². The number of likely N-dealkylation sites (N-methyl/N-ethyl adjacent to an activating group) is 1.